The molecule has 1 aromatic carbocycles. The summed E-state index contributed by atoms with van der Waals surface area (Å²) in [5.74, 6) is 1.19. The molecule has 0 bridgehead atoms. The molecule has 1 saturated heterocycles. The van der Waals surface area contributed by atoms with Crippen molar-refractivity contribution in [2.45, 2.75) is 25.3 Å². The van der Waals surface area contributed by atoms with E-state index in [1.165, 1.54) is 18.9 Å². The van der Waals surface area contributed by atoms with Gasteiger partial charge < -0.3 is 10.1 Å². The highest BCUT2D eigenvalue weighted by Gasteiger charge is 2.29. The topological polar surface area (TPSA) is 21.3 Å². The first-order valence-electron chi connectivity index (χ1n) is 5.97. The molecule has 3 rings (SSSR count). The second kappa shape index (κ2) is 4.06. The lowest BCUT2D eigenvalue weighted by molar-refractivity contribution is 0.191. The van der Waals surface area contributed by atoms with Crippen LogP contribution in [0.25, 0.3) is 0 Å². The number of rotatable bonds is 1. The first kappa shape index (κ1) is 10.1. The van der Waals surface area contributed by atoms with Gasteiger partial charge in [-0.1, -0.05) is 0 Å². The molecule has 0 saturated carbocycles. The molecular weight excluding hydrogens is 205 g/mol. The van der Waals surface area contributed by atoms with Crippen LogP contribution in [0.2, 0.25) is 0 Å². The molecule has 2 aliphatic heterocycles. The summed E-state index contributed by atoms with van der Waals surface area (Å²) >= 11 is 0. The Hall–Kier alpha value is -1.09. The van der Waals surface area contributed by atoms with Gasteiger partial charge in [0.25, 0.3) is 0 Å². The molecule has 2 nitrogen and oxygen atoms in total. The van der Waals surface area contributed by atoms with Crippen LogP contribution in [0.15, 0.2) is 18.2 Å². The van der Waals surface area contributed by atoms with Crippen LogP contribution in [0, 0.1) is 11.7 Å². The van der Waals surface area contributed by atoms with Crippen molar-refractivity contribution in [3.8, 4) is 5.75 Å². The Morgan fingerprint density at radius 1 is 1.38 bits per heavy atom. The fourth-order valence-electron chi connectivity index (χ4n) is 2.76. The van der Waals surface area contributed by atoms with Gasteiger partial charge in [0, 0.05) is 12.0 Å². The largest absolute Gasteiger partial charge is 0.493 e. The quantitative estimate of drug-likeness (QED) is 0.784. The molecule has 2 heterocycles. The minimum Gasteiger partial charge on any atom is -0.493 e. The van der Waals surface area contributed by atoms with Gasteiger partial charge in [0.15, 0.2) is 0 Å². The third kappa shape index (κ3) is 1.80. The van der Waals surface area contributed by atoms with Gasteiger partial charge in [0.2, 0.25) is 0 Å². The summed E-state index contributed by atoms with van der Waals surface area (Å²) in [5.41, 5.74) is 1.02. The molecule has 0 aromatic heterocycles. The summed E-state index contributed by atoms with van der Waals surface area (Å²) in [6, 6.07) is 5.36. The zero-order chi connectivity index (χ0) is 11.0. The van der Waals surface area contributed by atoms with Crippen molar-refractivity contribution in [1.29, 1.82) is 0 Å². The summed E-state index contributed by atoms with van der Waals surface area (Å²) < 4.78 is 18.8. The molecule has 2 aliphatic rings. The second-order valence-corrected chi connectivity index (χ2v) is 4.73. The first-order chi connectivity index (χ1) is 7.83. The van der Waals surface area contributed by atoms with Gasteiger partial charge in [-0.15, -0.1) is 0 Å². The number of benzene rings is 1. The van der Waals surface area contributed by atoms with E-state index in [-0.39, 0.29) is 5.82 Å². The van der Waals surface area contributed by atoms with Crippen molar-refractivity contribution in [3.05, 3.63) is 29.6 Å². The molecule has 2 atom stereocenters. The predicted octanol–water partition coefficient (Wildman–Crippen LogP) is 2.13. The van der Waals surface area contributed by atoms with Crippen LogP contribution in [-0.4, -0.2) is 19.2 Å². The van der Waals surface area contributed by atoms with E-state index >= 15 is 0 Å². The van der Waals surface area contributed by atoms with E-state index in [4.69, 9.17) is 4.74 Å². The van der Waals surface area contributed by atoms with Crippen molar-refractivity contribution >= 4 is 0 Å². The van der Waals surface area contributed by atoms with Gasteiger partial charge in [0.05, 0.1) is 6.61 Å². The number of nitrogens with one attached hydrogen (secondary N) is 1. The lowest BCUT2D eigenvalue weighted by atomic mass is 9.89. The van der Waals surface area contributed by atoms with Crippen LogP contribution in [0.5, 0.6) is 5.75 Å². The number of ether oxygens (including phenoxy) is 1. The third-order valence-corrected chi connectivity index (χ3v) is 3.63. The summed E-state index contributed by atoms with van der Waals surface area (Å²) in [4.78, 5) is 0. The highest BCUT2D eigenvalue weighted by Crippen LogP contribution is 2.31. The number of halogens is 1. The monoisotopic (exact) mass is 221 g/mol. The number of fused-ring (bicyclic) bond motifs is 1. The second-order valence-electron chi connectivity index (χ2n) is 4.73. The Morgan fingerprint density at radius 3 is 3.12 bits per heavy atom. The van der Waals surface area contributed by atoms with Gasteiger partial charge in [-0.2, -0.15) is 0 Å². The standard InChI is InChI=1S/C13H16FNO/c14-11-3-4-13-9(7-11)6-10(8-16-13)12-2-1-5-15-12/h3-4,7,10,12,15H,1-2,5-6,8H2. The number of hydrogen-bond acceptors (Lipinski definition) is 2. The summed E-state index contributed by atoms with van der Waals surface area (Å²) in [6.07, 6.45) is 3.40. The van der Waals surface area contributed by atoms with Crippen LogP contribution in [-0.2, 0) is 6.42 Å². The average Bonchev–Trinajstić information content (AvgIpc) is 2.81. The molecular formula is C13H16FNO. The van der Waals surface area contributed by atoms with E-state index in [1.807, 2.05) is 0 Å². The fourth-order valence-corrected chi connectivity index (χ4v) is 2.76. The zero-order valence-electron chi connectivity index (χ0n) is 9.21. The predicted molar refractivity (Wildman–Crippen MR) is 60.1 cm³/mol. The Kier molecular flexibility index (Phi) is 2.56. The molecule has 1 aromatic rings. The Bertz CT molecular complexity index is 388. The van der Waals surface area contributed by atoms with Crippen LogP contribution < -0.4 is 10.1 Å². The van der Waals surface area contributed by atoms with Crippen molar-refractivity contribution in [3.63, 3.8) is 0 Å². The normalized spacial score (nSPS) is 28.6. The van der Waals surface area contributed by atoms with E-state index in [9.17, 15) is 4.39 Å². The van der Waals surface area contributed by atoms with Crippen LogP contribution in [0.1, 0.15) is 18.4 Å². The van der Waals surface area contributed by atoms with Gasteiger partial charge in [-0.25, -0.2) is 4.39 Å². The first-order valence-corrected chi connectivity index (χ1v) is 5.97. The minimum absolute atomic E-state index is 0.164. The summed E-state index contributed by atoms with van der Waals surface area (Å²) in [6.45, 7) is 1.87. The maximum Gasteiger partial charge on any atom is 0.123 e. The van der Waals surface area contributed by atoms with Crippen molar-refractivity contribution in [2.24, 2.45) is 5.92 Å². The van der Waals surface area contributed by atoms with E-state index in [1.54, 1.807) is 12.1 Å². The Labute approximate surface area is 94.8 Å². The Morgan fingerprint density at radius 2 is 2.31 bits per heavy atom. The van der Waals surface area contributed by atoms with Crippen LogP contribution in [0.4, 0.5) is 4.39 Å². The van der Waals surface area contributed by atoms with E-state index in [2.05, 4.69) is 5.32 Å². The molecule has 0 radical (unpaired) electrons. The smallest absolute Gasteiger partial charge is 0.123 e. The highest BCUT2D eigenvalue weighted by molar-refractivity contribution is 5.36. The van der Waals surface area contributed by atoms with Crippen molar-refractivity contribution in [1.82, 2.24) is 5.32 Å². The van der Waals surface area contributed by atoms with Gasteiger partial charge in [0.1, 0.15) is 11.6 Å². The molecule has 16 heavy (non-hydrogen) atoms. The van der Waals surface area contributed by atoms with E-state index in [0.29, 0.717) is 12.0 Å². The average molecular weight is 221 g/mol. The van der Waals surface area contributed by atoms with Gasteiger partial charge in [-0.3, -0.25) is 0 Å². The molecule has 2 unspecified atom stereocenters. The van der Waals surface area contributed by atoms with Crippen molar-refractivity contribution in [2.75, 3.05) is 13.2 Å². The van der Waals surface area contributed by atoms with Crippen molar-refractivity contribution < 1.29 is 9.13 Å². The van der Waals surface area contributed by atoms with Gasteiger partial charge in [-0.05, 0) is 49.6 Å². The number of hydrogen-bond donors (Lipinski definition) is 1. The van der Waals surface area contributed by atoms with Crippen LogP contribution >= 0.6 is 0 Å². The molecule has 1 N–H and O–H groups in total. The van der Waals surface area contributed by atoms with Crippen LogP contribution in [0.3, 0.4) is 0 Å². The third-order valence-electron chi connectivity index (χ3n) is 3.63. The Balaban J connectivity index is 1.79. The minimum atomic E-state index is -0.164. The summed E-state index contributed by atoms with van der Waals surface area (Å²) in [5, 5.41) is 3.50. The van der Waals surface area contributed by atoms with E-state index in [0.717, 1.165) is 30.9 Å². The molecule has 1 fully saturated rings. The zero-order valence-corrected chi connectivity index (χ0v) is 9.21. The lowest BCUT2D eigenvalue weighted by Gasteiger charge is -2.29. The molecule has 86 valence electrons. The fraction of sp³-hybridized carbons (Fsp3) is 0.538. The highest BCUT2D eigenvalue weighted by atomic mass is 19.1. The molecule has 0 aliphatic carbocycles. The SMILES string of the molecule is Fc1ccc2c(c1)CC(C1CCCN1)CO2. The summed E-state index contributed by atoms with van der Waals surface area (Å²) in [7, 11) is 0. The maximum absolute atomic E-state index is 13.1. The van der Waals surface area contributed by atoms with Gasteiger partial charge >= 0.3 is 0 Å². The van der Waals surface area contributed by atoms with E-state index < -0.39 is 0 Å². The maximum atomic E-state index is 13.1. The molecule has 3 heteroatoms. The lowest BCUT2D eigenvalue weighted by Crippen LogP contribution is -2.37. The molecule has 0 amide bonds. The molecule has 0 spiro atoms.